The van der Waals surface area contributed by atoms with Crippen LogP contribution in [-0.4, -0.2) is 54.3 Å². The fourth-order valence-electron chi connectivity index (χ4n) is 2.66. The van der Waals surface area contributed by atoms with Gasteiger partial charge in [-0.1, -0.05) is 0 Å². The van der Waals surface area contributed by atoms with Gasteiger partial charge in [0.2, 0.25) is 0 Å². The average Bonchev–Trinajstić information content (AvgIpc) is 2.87. The Bertz CT molecular complexity index is 689. The van der Waals surface area contributed by atoms with Gasteiger partial charge in [0, 0.05) is 3.57 Å². The van der Waals surface area contributed by atoms with Gasteiger partial charge in [0.25, 0.3) is 0 Å². The Hall–Kier alpha value is -1.01. The van der Waals surface area contributed by atoms with Gasteiger partial charge in [-0.3, -0.25) is 0 Å². The second kappa shape index (κ2) is 5.02. The van der Waals surface area contributed by atoms with Crippen LogP contribution >= 0.6 is 22.6 Å². The molecule has 9 heteroatoms. The molecule has 4 atom stereocenters. The summed E-state index contributed by atoms with van der Waals surface area (Å²) in [6.45, 7) is 1.08. The van der Waals surface area contributed by atoms with Crippen LogP contribution in [0.1, 0.15) is 18.7 Å². The number of fused-ring (bicyclic) bond motifs is 1. The van der Waals surface area contributed by atoms with E-state index in [0.717, 1.165) is 3.57 Å². The van der Waals surface area contributed by atoms with E-state index >= 15 is 0 Å². The van der Waals surface area contributed by atoms with E-state index in [1.54, 1.807) is 6.07 Å². The summed E-state index contributed by atoms with van der Waals surface area (Å²) in [6, 6.07) is 1.77. The van der Waals surface area contributed by atoms with Crippen molar-refractivity contribution in [3.8, 4) is 0 Å². The summed E-state index contributed by atoms with van der Waals surface area (Å²) < 4.78 is 7.95. The minimum atomic E-state index is -1.55. The molecule has 1 fully saturated rings. The first-order chi connectivity index (χ1) is 9.87. The molecule has 8 nitrogen and oxygen atoms in total. The number of nitrogens with two attached hydrogens (primary N) is 1. The third kappa shape index (κ3) is 2.11. The molecule has 0 amide bonds. The molecule has 0 bridgehead atoms. The predicted molar refractivity (Wildman–Crippen MR) is 81.4 cm³/mol. The molecule has 0 aromatic carbocycles. The molecule has 3 heterocycles. The third-order valence-electron chi connectivity index (χ3n) is 3.80. The third-order valence-corrected chi connectivity index (χ3v) is 4.63. The van der Waals surface area contributed by atoms with Crippen molar-refractivity contribution in [2.75, 3.05) is 12.3 Å². The van der Waals surface area contributed by atoms with E-state index in [1.807, 2.05) is 0 Å². The Morgan fingerprint density at radius 1 is 1.57 bits per heavy atom. The zero-order valence-corrected chi connectivity index (χ0v) is 13.3. The van der Waals surface area contributed by atoms with Crippen LogP contribution in [0.25, 0.3) is 5.52 Å². The van der Waals surface area contributed by atoms with E-state index in [1.165, 1.54) is 17.8 Å². The van der Waals surface area contributed by atoms with Crippen molar-refractivity contribution in [3.05, 3.63) is 21.7 Å². The molecular weight excluding hydrogens is 391 g/mol. The van der Waals surface area contributed by atoms with E-state index in [2.05, 4.69) is 32.7 Å². The number of aliphatic hydroxyl groups is 3. The second-order valence-electron chi connectivity index (χ2n) is 5.23. The van der Waals surface area contributed by atoms with Crippen molar-refractivity contribution in [2.24, 2.45) is 0 Å². The lowest BCUT2D eigenvalue weighted by atomic mass is 9.91. The van der Waals surface area contributed by atoms with Crippen molar-refractivity contribution in [3.63, 3.8) is 0 Å². The maximum atomic E-state index is 10.5. The number of nitrogens with zero attached hydrogens (tertiary/aromatic N) is 3. The normalized spacial score (nSPS) is 32.9. The van der Waals surface area contributed by atoms with Crippen LogP contribution in [0.3, 0.4) is 0 Å². The number of ether oxygens (including phenoxy) is 1. The number of halogens is 1. The summed E-state index contributed by atoms with van der Waals surface area (Å²) in [4.78, 5) is 3.94. The van der Waals surface area contributed by atoms with Crippen molar-refractivity contribution >= 4 is 33.9 Å². The first kappa shape index (κ1) is 14.9. The van der Waals surface area contributed by atoms with E-state index in [-0.39, 0.29) is 6.61 Å². The molecule has 1 saturated heterocycles. The monoisotopic (exact) mass is 406 g/mol. The first-order valence-corrected chi connectivity index (χ1v) is 7.40. The van der Waals surface area contributed by atoms with Crippen LogP contribution in [0, 0.1) is 3.57 Å². The van der Waals surface area contributed by atoms with Gasteiger partial charge in [-0.05, 0) is 35.6 Å². The molecule has 0 saturated carbocycles. The number of aromatic nitrogens is 3. The minimum Gasteiger partial charge on any atom is -0.394 e. The van der Waals surface area contributed by atoms with Crippen molar-refractivity contribution in [1.82, 2.24) is 14.6 Å². The fourth-order valence-corrected chi connectivity index (χ4v) is 3.49. The average molecular weight is 406 g/mol. The van der Waals surface area contributed by atoms with Gasteiger partial charge in [0.05, 0.1) is 12.3 Å². The van der Waals surface area contributed by atoms with E-state index in [0.29, 0.717) is 17.0 Å². The number of hydrogen-bond acceptors (Lipinski definition) is 7. The molecule has 114 valence electrons. The molecule has 0 aliphatic carbocycles. The largest absolute Gasteiger partial charge is 0.394 e. The molecular formula is C12H15IN4O4. The summed E-state index contributed by atoms with van der Waals surface area (Å²) >= 11 is 2.09. The summed E-state index contributed by atoms with van der Waals surface area (Å²) in [7, 11) is 0. The summed E-state index contributed by atoms with van der Waals surface area (Å²) in [5.41, 5.74) is 5.46. The summed E-state index contributed by atoms with van der Waals surface area (Å²) in [5.74, 6) is 0.317. The highest BCUT2D eigenvalue weighted by Crippen LogP contribution is 2.42. The maximum Gasteiger partial charge on any atom is 0.152 e. The molecule has 5 N–H and O–H groups in total. The molecule has 3 rings (SSSR count). The van der Waals surface area contributed by atoms with Gasteiger partial charge < -0.3 is 25.8 Å². The number of nitrogen functional groups attached to an aromatic ring is 1. The lowest BCUT2D eigenvalue weighted by Crippen LogP contribution is -2.43. The predicted octanol–water partition coefficient (Wildman–Crippen LogP) is -0.540. The molecule has 0 unspecified atom stereocenters. The Morgan fingerprint density at radius 3 is 2.90 bits per heavy atom. The van der Waals surface area contributed by atoms with Crippen molar-refractivity contribution in [1.29, 1.82) is 0 Å². The zero-order chi connectivity index (χ0) is 15.4. The first-order valence-electron chi connectivity index (χ1n) is 6.32. The van der Waals surface area contributed by atoms with Gasteiger partial charge in [0.1, 0.15) is 35.8 Å². The Balaban J connectivity index is 2.15. The Kier molecular flexibility index (Phi) is 3.56. The number of hydrogen-bond donors (Lipinski definition) is 4. The Labute approximate surface area is 133 Å². The highest BCUT2D eigenvalue weighted by Gasteiger charge is 2.53. The highest BCUT2D eigenvalue weighted by atomic mass is 127. The van der Waals surface area contributed by atoms with Crippen LogP contribution in [0.15, 0.2) is 12.4 Å². The van der Waals surface area contributed by atoms with Gasteiger partial charge in [-0.25, -0.2) is 9.50 Å². The Morgan fingerprint density at radius 2 is 2.29 bits per heavy atom. The summed E-state index contributed by atoms with van der Waals surface area (Å²) in [6.07, 6.45) is -1.58. The van der Waals surface area contributed by atoms with Gasteiger partial charge in [-0.2, -0.15) is 5.10 Å². The molecule has 2 aromatic rings. The van der Waals surface area contributed by atoms with Crippen LogP contribution < -0.4 is 5.73 Å². The lowest BCUT2D eigenvalue weighted by molar-refractivity contribution is -0.0664. The smallest absolute Gasteiger partial charge is 0.152 e. The standard InChI is InChI=1S/C12H15IN4O4/c1-12(20)9(19)7(3-18)21-10(12)6-2-5(13)8-11(14)15-4-16-17(6)8/h2,4,7,9-10,18-20H,3H2,1H3,(H2,14,15,16)/t7-,9-,10+,12-/m1/s1. The van der Waals surface area contributed by atoms with Crippen LogP contribution in [0.5, 0.6) is 0 Å². The molecule has 2 aromatic heterocycles. The molecule has 21 heavy (non-hydrogen) atoms. The van der Waals surface area contributed by atoms with E-state index in [9.17, 15) is 15.3 Å². The van der Waals surface area contributed by atoms with E-state index in [4.69, 9.17) is 10.5 Å². The lowest BCUT2D eigenvalue weighted by Gasteiger charge is -2.26. The maximum absolute atomic E-state index is 10.5. The van der Waals surface area contributed by atoms with Crippen LogP contribution in [0.2, 0.25) is 0 Å². The van der Waals surface area contributed by atoms with Crippen LogP contribution in [0.4, 0.5) is 5.82 Å². The molecule has 0 radical (unpaired) electrons. The van der Waals surface area contributed by atoms with E-state index < -0.39 is 23.9 Å². The van der Waals surface area contributed by atoms with Gasteiger partial charge in [0.15, 0.2) is 5.82 Å². The van der Waals surface area contributed by atoms with Gasteiger partial charge >= 0.3 is 0 Å². The SMILES string of the molecule is C[C@@]1(O)[C@H](O)[C@@H](CO)O[C@H]1c1cc(I)c2c(N)ncnn12. The molecule has 0 spiro atoms. The number of rotatable bonds is 2. The van der Waals surface area contributed by atoms with Crippen molar-refractivity contribution < 1.29 is 20.1 Å². The topological polar surface area (TPSA) is 126 Å². The quantitative estimate of drug-likeness (QED) is 0.494. The number of aliphatic hydroxyl groups excluding tert-OH is 2. The van der Waals surface area contributed by atoms with Gasteiger partial charge in [-0.15, -0.1) is 0 Å². The highest BCUT2D eigenvalue weighted by molar-refractivity contribution is 14.1. The minimum absolute atomic E-state index is 0.317. The van der Waals surface area contributed by atoms with Crippen molar-refractivity contribution in [2.45, 2.75) is 30.8 Å². The molecule has 1 aliphatic heterocycles. The van der Waals surface area contributed by atoms with Crippen LogP contribution in [-0.2, 0) is 4.74 Å². The fraction of sp³-hybridized carbons (Fsp3) is 0.500. The number of anilines is 1. The summed E-state index contributed by atoms with van der Waals surface area (Å²) in [5, 5.41) is 34.0. The molecule has 1 aliphatic rings. The zero-order valence-electron chi connectivity index (χ0n) is 11.1. The second-order valence-corrected chi connectivity index (χ2v) is 6.39.